The fourth-order valence-electron chi connectivity index (χ4n) is 5.69. The predicted molar refractivity (Wildman–Crippen MR) is 189 cm³/mol. The Labute approximate surface area is 303 Å². The Morgan fingerprint density at radius 2 is 1.87 bits per heavy atom. The lowest BCUT2D eigenvalue weighted by Gasteiger charge is -2.31. The Balaban J connectivity index is 1.65. The molecule has 52 heavy (non-hydrogen) atoms. The van der Waals surface area contributed by atoms with E-state index in [9.17, 15) is 18.5 Å². The van der Waals surface area contributed by atoms with Gasteiger partial charge in [-0.3, -0.25) is 13.9 Å². The number of carbonyl (C=O) groups excluding carboxylic acids is 2. The van der Waals surface area contributed by atoms with Gasteiger partial charge in [0.15, 0.2) is 28.7 Å². The molecular weight excluding hydrogens is 698 g/mol. The van der Waals surface area contributed by atoms with Gasteiger partial charge < -0.3 is 29.2 Å². The fraction of sp³-hybridized carbons (Fsp3) is 0.571. The minimum Gasteiger partial charge on any atom is -0.464 e. The molecule has 0 radical (unpaired) electrons. The number of nitrogens with one attached hydrogen (secondary N) is 1. The number of esters is 1. The summed E-state index contributed by atoms with van der Waals surface area (Å²) in [6.45, 7) is 8.92. The Morgan fingerprint density at radius 1 is 1.17 bits per heavy atom. The molecule has 0 unspecified atom stereocenters. The second-order valence-corrected chi connectivity index (χ2v) is 14.3. The third kappa shape index (κ3) is 10.2. The van der Waals surface area contributed by atoms with E-state index in [0.717, 1.165) is 25.7 Å². The largest absolute Gasteiger partial charge is 0.508 e. The first-order valence-corrected chi connectivity index (χ1v) is 19.1. The van der Waals surface area contributed by atoms with Gasteiger partial charge in [-0.1, -0.05) is 77.5 Å². The lowest BCUT2D eigenvalue weighted by molar-refractivity contribution is -0.146. The molecule has 1 saturated heterocycles. The molecule has 1 fully saturated rings. The van der Waals surface area contributed by atoms with Gasteiger partial charge in [0.1, 0.15) is 30.7 Å². The fourth-order valence-corrected chi connectivity index (χ4v) is 7.21. The number of carbonyl (C=O) groups is 2. The van der Waals surface area contributed by atoms with E-state index in [1.165, 1.54) is 17.8 Å². The van der Waals surface area contributed by atoms with E-state index >= 15 is 0 Å². The lowest BCUT2D eigenvalue weighted by atomic mass is 9.99. The van der Waals surface area contributed by atoms with Crippen LogP contribution in [0.5, 0.6) is 5.75 Å². The smallest absolute Gasteiger partial charge is 0.464 e. The van der Waals surface area contributed by atoms with Crippen molar-refractivity contribution in [2.24, 2.45) is 5.92 Å². The van der Waals surface area contributed by atoms with Crippen LogP contribution in [-0.4, -0.2) is 68.7 Å². The topological polar surface area (TPSA) is 188 Å². The average Bonchev–Trinajstić information content (AvgIpc) is 3.70. The summed E-state index contributed by atoms with van der Waals surface area (Å²) < 4.78 is 65.1. The number of nitrogen functional groups attached to an aromatic ring is 1. The highest BCUT2D eigenvalue weighted by Crippen LogP contribution is 2.48. The number of nitrogens with two attached hydrogens (primary N) is 1. The van der Waals surface area contributed by atoms with E-state index < -0.39 is 62.6 Å². The van der Waals surface area contributed by atoms with Crippen LogP contribution in [0.25, 0.3) is 11.2 Å². The van der Waals surface area contributed by atoms with Crippen molar-refractivity contribution in [3.8, 4) is 18.1 Å². The summed E-state index contributed by atoms with van der Waals surface area (Å²) >= 11 is 0. The van der Waals surface area contributed by atoms with Crippen LogP contribution in [0.1, 0.15) is 85.8 Å². The number of ether oxygens (including phenoxy) is 4. The number of para-hydroxylation sites is 1. The first kappa shape index (κ1) is 40.5. The first-order chi connectivity index (χ1) is 24.9. The monoisotopic (exact) mass is 746 g/mol. The second kappa shape index (κ2) is 18.5. The minimum atomic E-state index is -4.46. The molecule has 284 valence electrons. The molecule has 15 nitrogen and oxygen atoms in total. The van der Waals surface area contributed by atoms with Gasteiger partial charge in [0, 0.05) is 6.42 Å². The Bertz CT molecular complexity index is 1730. The zero-order valence-electron chi connectivity index (χ0n) is 30.2. The Kier molecular flexibility index (Phi) is 14.4. The number of aromatic nitrogens is 4. The molecule has 3 aromatic rings. The van der Waals surface area contributed by atoms with Crippen molar-refractivity contribution in [3.05, 3.63) is 42.7 Å². The standard InChI is InChI=1S/C35H48FN6O9P/c1-7-15-25(16-8-2)48-34(44)49-27-19-28(42-22-38-29-30(37)39-33(36)40-31(29)42)50-35(27,11-5)21-47-52(45,51-26-17-13-12-14-18-26)41-23(6)32(43)46-20-24(9-3)10-4/h5,12-14,17-18,22-25,27-28H,7-10,15-16,19-21H2,1-4,6H3,(H,41,45)(H2,37,39,40)/t23-,27-,28+,35+,52-/m0/s1. The maximum atomic E-state index is 14.4. The highest BCUT2D eigenvalue weighted by molar-refractivity contribution is 7.52. The van der Waals surface area contributed by atoms with E-state index in [1.54, 1.807) is 30.3 Å². The molecule has 1 aromatic carbocycles. The van der Waals surface area contributed by atoms with Crippen LogP contribution in [0.4, 0.5) is 15.0 Å². The first-order valence-electron chi connectivity index (χ1n) is 17.5. The van der Waals surface area contributed by atoms with Gasteiger partial charge in [-0.05, 0) is 37.8 Å². The molecule has 1 aliphatic rings. The zero-order valence-corrected chi connectivity index (χ0v) is 31.1. The highest BCUT2D eigenvalue weighted by atomic mass is 31.2. The summed E-state index contributed by atoms with van der Waals surface area (Å²) in [7, 11) is -4.46. The summed E-state index contributed by atoms with van der Waals surface area (Å²) in [6, 6.07) is 7.02. The Morgan fingerprint density at radius 3 is 2.50 bits per heavy atom. The van der Waals surface area contributed by atoms with Gasteiger partial charge in [0.25, 0.3) is 0 Å². The third-order valence-corrected chi connectivity index (χ3v) is 10.3. The minimum absolute atomic E-state index is 0.00325. The lowest BCUT2D eigenvalue weighted by Crippen LogP contribution is -2.46. The van der Waals surface area contributed by atoms with Crippen LogP contribution in [0.2, 0.25) is 0 Å². The average molecular weight is 747 g/mol. The van der Waals surface area contributed by atoms with Crippen molar-refractivity contribution in [1.82, 2.24) is 24.6 Å². The van der Waals surface area contributed by atoms with Gasteiger partial charge in [-0.15, -0.1) is 6.42 Å². The van der Waals surface area contributed by atoms with Crippen molar-refractivity contribution in [2.45, 2.75) is 110 Å². The van der Waals surface area contributed by atoms with Crippen LogP contribution in [0.3, 0.4) is 0 Å². The number of hydrogen-bond acceptors (Lipinski definition) is 13. The summed E-state index contributed by atoms with van der Waals surface area (Å²) in [5, 5.41) is 2.64. The number of benzene rings is 1. The quantitative estimate of drug-likeness (QED) is 0.0586. The van der Waals surface area contributed by atoms with Crippen LogP contribution >= 0.6 is 7.75 Å². The number of anilines is 1. The van der Waals surface area contributed by atoms with Crippen LogP contribution in [-0.2, 0) is 32.8 Å². The summed E-state index contributed by atoms with van der Waals surface area (Å²) in [4.78, 5) is 37.7. The van der Waals surface area contributed by atoms with Crippen molar-refractivity contribution < 1.29 is 46.5 Å². The SMILES string of the molecule is C#C[C@]1(CO[P@@](=O)(N[C@@H](C)C(=O)OCC(CC)CC)Oc2ccccc2)O[C@@H](n2cnc3c(N)nc(F)nc32)C[C@@H]1OC(=O)OC(CCC)CCC. The molecule has 1 aliphatic heterocycles. The van der Waals surface area contributed by atoms with Crippen molar-refractivity contribution in [2.75, 3.05) is 18.9 Å². The third-order valence-electron chi connectivity index (χ3n) is 8.72. The van der Waals surface area contributed by atoms with Gasteiger partial charge in [0.05, 0.1) is 12.9 Å². The van der Waals surface area contributed by atoms with Crippen LogP contribution in [0.15, 0.2) is 36.7 Å². The van der Waals surface area contributed by atoms with Crippen molar-refractivity contribution in [3.63, 3.8) is 0 Å². The molecule has 0 bridgehead atoms. The number of imidazole rings is 1. The number of rotatable bonds is 19. The number of fused-ring (bicyclic) bond motifs is 1. The molecule has 0 saturated carbocycles. The number of hydrogen-bond donors (Lipinski definition) is 2. The Hall–Kier alpha value is -4.29. The molecule has 4 rings (SSSR count). The maximum absolute atomic E-state index is 14.4. The van der Waals surface area contributed by atoms with Crippen molar-refractivity contribution >= 4 is 36.9 Å². The predicted octanol–water partition coefficient (Wildman–Crippen LogP) is 6.49. The molecular formula is C35H48FN6O9P. The summed E-state index contributed by atoms with van der Waals surface area (Å²) in [5.74, 6) is 1.97. The molecule has 3 heterocycles. The van der Waals surface area contributed by atoms with Gasteiger partial charge >= 0.3 is 25.9 Å². The van der Waals surface area contributed by atoms with E-state index in [2.05, 4.69) is 26.0 Å². The van der Waals surface area contributed by atoms with E-state index in [1.807, 2.05) is 27.7 Å². The molecule has 0 aliphatic carbocycles. The molecule has 0 spiro atoms. The van der Waals surface area contributed by atoms with E-state index in [-0.39, 0.29) is 41.7 Å². The zero-order chi connectivity index (χ0) is 37.9. The molecule has 3 N–H and O–H groups in total. The van der Waals surface area contributed by atoms with Crippen LogP contribution in [0, 0.1) is 24.3 Å². The van der Waals surface area contributed by atoms with E-state index in [4.69, 9.17) is 40.2 Å². The van der Waals surface area contributed by atoms with Crippen LogP contribution < -0.4 is 15.3 Å². The van der Waals surface area contributed by atoms with Gasteiger partial charge in [-0.2, -0.15) is 19.4 Å². The maximum Gasteiger partial charge on any atom is 0.508 e. The molecule has 17 heteroatoms. The number of nitrogens with zero attached hydrogens (tertiary/aromatic N) is 4. The summed E-state index contributed by atoms with van der Waals surface area (Å²) in [5.41, 5.74) is 4.06. The normalized spacial score (nSPS) is 20.4. The van der Waals surface area contributed by atoms with Gasteiger partial charge in [-0.25, -0.2) is 14.3 Å². The summed E-state index contributed by atoms with van der Waals surface area (Å²) in [6.07, 6.45) is 6.91. The van der Waals surface area contributed by atoms with Gasteiger partial charge in [0.2, 0.25) is 0 Å². The van der Waals surface area contributed by atoms with E-state index in [0.29, 0.717) is 12.8 Å². The number of halogens is 1. The van der Waals surface area contributed by atoms with Crippen molar-refractivity contribution in [1.29, 1.82) is 0 Å². The number of terminal acetylenes is 1. The highest BCUT2D eigenvalue weighted by Gasteiger charge is 2.53. The second-order valence-electron chi connectivity index (χ2n) is 12.6. The molecule has 5 atom stereocenters. The molecule has 2 aromatic heterocycles. The molecule has 0 amide bonds.